The molecule has 4 aromatic carbocycles. The average Bonchev–Trinajstić information content (AvgIpc) is 2.90. The first-order valence-electron chi connectivity index (χ1n) is 11.2. The number of hydrogen-bond donors (Lipinski definition) is 0. The smallest absolute Gasteiger partial charge is 0.453 e. The second kappa shape index (κ2) is 9.81. The van der Waals surface area contributed by atoms with Gasteiger partial charge in [-0.2, -0.15) is 13.2 Å². The maximum absolute atomic E-state index is 13.9. The van der Waals surface area contributed by atoms with E-state index in [1.165, 1.54) is 42.5 Å². The molecule has 37 heavy (non-hydrogen) atoms. The van der Waals surface area contributed by atoms with Crippen molar-refractivity contribution in [2.24, 2.45) is 0 Å². The number of ether oxygens (including phenoxy) is 2. The molecule has 0 fully saturated rings. The van der Waals surface area contributed by atoms with Gasteiger partial charge in [-0.3, -0.25) is 4.79 Å². The summed E-state index contributed by atoms with van der Waals surface area (Å²) in [6, 6.07) is 25.5. The molecule has 0 N–H and O–H groups in total. The molecule has 0 saturated heterocycles. The molecule has 0 saturated carbocycles. The molecule has 186 valence electrons. The topological polar surface area (TPSA) is 48.7 Å². The van der Waals surface area contributed by atoms with Crippen LogP contribution in [-0.2, 0) is 12.8 Å². The van der Waals surface area contributed by atoms with Gasteiger partial charge in [0, 0.05) is 11.6 Å². The van der Waals surface area contributed by atoms with Gasteiger partial charge in [0.25, 0.3) is 5.76 Å². The maximum Gasteiger partial charge on any atom is 0.453 e. The fourth-order valence-electron chi connectivity index (χ4n) is 3.77. The van der Waals surface area contributed by atoms with Crippen LogP contribution in [0.4, 0.5) is 17.6 Å². The minimum Gasteiger partial charge on any atom is -0.489 e. The Bertz CT molecular complexity index is 1610. The van der Waals surface area contributed by atoms with Crippen molar-refractivity contribution >= 4 is 11.0 Å². The molecule has 0 aliphatic rings. The number of benzene rings is 4. The number of alkyl halides is 3. The van der Waals surface area contributed by atoms with Crippen LogP contribution in [0.2, 0.25) is 0 Å². The minimum absolute atomic E-state index is 0.0432. The maximum atomic E-state index is 13.9. The van der Waals surface area contributed by atoms with E-state index in [0.29, 0.717) is 0 Å². The minimum atomic E-state index is -5.00. The van der Waals surface area contributed by atoms with Crippen molar-refractivity contribution in [3.63, 3.8) is 0 Å². The van der Waals surface area contributed by atoms with Crippen molar-refractivity contribution in [1.82, 2.24) is 0 Å². The number of halogens is 4. The zero-order valence-corrected chi connectivity index (χ0v) is 19.1. The molecular formula is C29H18F4O4. The first-order valence-corrected chi connectivity index (χ1v) is 11.2. The van der Waals surface area contributed by atoms with Gasteiger partial charge in [0.2, 0.25) is 11.2 Å². The van der Waals surface area contributed by atoms with E-state index in [9.17, 15) is 22.4 Å². The lowest BCUT2D eigenvalue weighted by molar-refractivity contribution is -0.154. The van der Waals surface area contributed by atoms with Crippen molar-refractivity contribution < 1.29 is 31.5 Å². The lowest BCUT2D eigenvalue weighted by Crippen LogP contribution is -2.15. The Balaban J connectivity index is 1.47. The second-order valence-corrected chi connectivity index (χ2v) is 8.12. The molecule has 5 aromatic rings. The molecule has 0 aliphatic carbocycles. The fourth-order valence-corrected chi connectivity index (χ4v) is 3.77. The first kappa shape index (κ1) is 24.1. The molecule has 0 radical (unpaired) electrons. The van der Waals surface area contributed by atoms with Gasteiger partial charge in [-0.15, -0.1) is 0 Å². The van der Waals surface area contributed by atoms with E-state index in [0.717, 1.165) is 17.2 Å². The summed E-state index contributed by atoms with van der Waals surface area (Å²) in [7, 11) is 0. The van der Waals surface area contributed by atoms with Crippen LogP contribution in [0.15, 0.2) is 106 Å². The van der Waals surface area contributed by atoms with Crippen LogP contribution >= 0.6 is 0 Å². The lowest BCUT2D eigenvalue weighted by atomic mass is 10.1. The Morgan fingerprint density at radius 2 is 1.41 bits per heavy atom. The molecule has 0 atom stereocenters. The van der Waals surface area contributed by atoms with E-state index in [4.69, 9.17) is 13.9 Å². The fraction of sp³-hybridized carbons (Fsp3) is 0.0690. The van der Waals surface area contributed by atoms with Crippen molar-refractivity contribution in [3.8, 4) is 28.4 Å². The number of fused-ring (bicyclic) bond motifs is 1. The third-order valence-corrected chi connectivity index (χ3v) is 5.61. The standard InChI is InChI=1S/C29H18F4O4/c30-24-9-5-4-8-20(24)17-35-22-14-15-23-25(16-22)37-28(29(31,32)33)27(26(23)34)36-21-12-10-19(11-13-21)18-6-2-1-3-7-18/h1-16H,17H2. The SMILES string of the molecule is O=c1c(Oc2ccc(-c3ccccc3)cc2)c(C(F)(F)F)oc2cc(OCc3ccccc3F)ccc12. The normalized spacial score (nSPS) is 11.5. The third kappa shape index (κ3) is 5.18. The van der Waals surface area contributed by atoms with Gasteiger partial charge in [0.1, 0.15) is 29.5 Å². The van der Waals surface area contributed by atoms with E-state index in [1.54, 1.807) is 18.2 Å². The van der Waals surface area contributed by atoms with E-state index in [-0.39, 0.29) is 34.6 Å². The van der Waals surface area contributed by atoms with Crippen molar-refractivity contribution in [2.75, 3.05) is 0 Å². The van der Waals surface area contributed by atoms with Crippen LogP contribution in [0.25, 0.3) is 22.1 Å². The Morgan fingerprint density at radius 1 is 0.757 bits per heavy atom. The number of rotatable bonds is 6. The largest absolute Gasteiger partial charge is 0.489 e. The van der Waals surface area contributed by atoms with Crippen LogP contribution in [-0.4, -0.2) is 0 Å². The van der Waals surface area contributed by atoms with Crippen LogP contribution in [0.3, 0.4) is 0 Å². The molecular weight excluding hydrogens is 488 g/mol. The summed E-state index contributed by atoms with van der Waals surface area (Å²) in [6.45, 7) is -0.158. The zero-order chi connectivity index (χ0) is 26.0. The highest BCUT2D eigenvalue weighted by molar-refractivity contribution is 5.80. The summed E-state index contributed by atoms with van der Waals surface area (Å²) in [6.07, 6.45) is -5.00. The predicted molar refractivity (Wildman–Crippen MR) is 130 cm³/mol. The highest BCUT2D eigenvalue weighted by Crippen LogP contribution is 2.39. The molecule has 5 rings (SSSR count). The molecule has 8 heteroatoms. The van der Waals surface area contributed by atoms with Gasteiger partial charge in [-0.05, 0) is 41.5 Å². The highest BCUT2D eigenvalue weighted by atomic mass is 19.4. The molecule has 0 aliphatic heterocycles. The highest BCUT2D eigenvalue weighted by Gasteiger charge is 2.40. The van der Waals surface area contributed by atoms with Crippen molar-refractivity contribution in [1.29, 1.82) is 0 Å². The van der Waals surface area contributed by atoms with E-state index < -0.39 is 28.9 Å². The summed E-state index contributed by atoms with van der Waals surface area (Å²) in [5.41, 5.74) is 0.694. The number of hydrogen-bond acceptors (Lipinski definition) is 4. The molecule has 1 heterocycles. The van der Waals surface area contributed by atoms with E-state index in [1.807, 2.05) is 30.3 Å². The molecule has 0 amide bonds. The summed E-state index contributed by atoms with van der Waals surface area (Å²) in [4.78, 5) is 13.0. The molecule has 0 unspecified atom stereocenters. The van der Waals surface area contributed by atoms with Gasteiger partial charge in [0.05, 0.1) is 5.39 Å². The molecule has 4 nitrogen and oxygen atoms in total. The first-order chi connectivity index (χ1) is 17.8. The average molecular weight is 506 g/mol. The second-order valence-electron chi connectivity index (χ2n) is 8.12. The van der Waals surface area contributed by atoms with Crippen LogP contribution < -0.4 is 14.9 Å². The van der Waals surface area contributed by atoms with Crippen molar-refractivity contribution in [3.05, 3.63) is 124 Å². The van der Waals surface area contributed by atoms with Crippen LogP contribution in [0, 0.1) is 5.82 Å². The van der Waals surface area contributed by atoms with Gasteiger partial charge >= 0.3 is 6.18 Å². The Kier molecular flexibility index (Phi) is 6.40. The quantitative estimate of drug-likeness (QED) is 0.219. The summed E-state index contributed by atoms with van der Waals surface area (Å²) in [5.74, 6) is -2.86. The third-order valence-electron chi connectivity index (χ3n) is 5.61. The van der Waals surface area contributed by atoms with E-state index >= 15 is 0 Å². The van der Waals surface area contributed by atoms with Gasteiger partial charge in [0.15, 0.2) is 0 Å². The molecule has 0 spiro atoms. The van der Waals surface area contributed by atoms with Gasteiger partial charge in [-0.1, -0.05) is 60.7 Å². The molecule has 0 bridgehead atoms. The van der Waals surface area contributed by atoms with Gasteiger partial charge in [-0.25, -0.2) is 4.39 Å². The summed E-state index contributed by atoms with van der Waals surface area (Å²) >= 11 is 0. The zero-order valence-electron chi connectivity index (χ0n) is 19.1. The Hall–Kier alpha value is -4.59. The predicted octanol–water partition coefficient (Wildman–Crippen LogP) is 7.99. The summed E-state index contributed by atoms with van der Waals surface area (Å²) in [5, 5.41) is -0.123. The van der Waals surface area contributed by atoms with Gasteiger partial charge < -0.3 is 13.9 Å². The Labute approximate surface area is 208 Å². The summed E-state index contributed by atoms with van der Waals surface area (Å²) < 4.78 is 71.5. The lowest BCUT2D eigenvalue weighted by Gasteiger charge is -2.14. The van der Waals surface area contributed by atoms with Crippen molar-refractivity contribution in [2.45, 2.75) is 12.8 Å². The van der Waals surface area contributed by atoms with Crippen LogP contribution in [0.5, 0.6) is 17.2 Å². The van der Waals surface area contributed by atoms with E-state index in [2.05, 4.69) is 0 Å². The Morgan fingerprint density at radius 3 is 2.11 bits per heavy atom. The monoisotopic (exact) mass is 506 g/mol. The molecule has 1 aromatic heterocycles. The van der Waals surface area contributed by atoms with Crippen LogP contribution in [0.1, 0.15) is 11.3 Å².